The first-order valence-corrected chi connectivity index (χ1v) is 9.52. The molecule has 9 heteroatoms. The van der Waals surface area contributed by atoms with Crippen molar-refractivity contribution in [3.8, 4) is 5.75 Å². The first kappa shape index (κ1) is 21.1. The quantitative estimate of drug-likeness (QED) is 0.704. The number of ether oxygens (including phenoxy) is 1. The van der Waals surface area contributed by atoms with E-state index in [-0.39, 0.29) is 24.8 Å². The van der Waals surface area contributed by atoms with Crippen molar-refractivity contribution in [1.82, 2.24) is 4.90 Å². The van der Waals surface area contributed by atoms with E-state index < -0.39 is 11.9 Å². The van der Waals surface area contributed by atoms with Crippen molar-refractivity contribution in [2.45, 2.75) is 12.5 Å². The molecule has 0 aromatic heterocycles. The predicted octanol–water partition coefficient (Wildman–Crippen LogP) is 3.20. The van der Waals surface area contributed by atoms with Crippen LogP contribution in [-0.2, 0) is 14.4 Å². The molecule has 1 unspecified atom stereocenters. The van der Waals surface area contributed by atoms with Crippen molar-refractivity contribution in [3.63, 3.8) is 0 Å². The van der Waals surface area contributed by atoms with E-state index in [0.29, 0.717) is 27.2 Å². The highest BCUT2D eigenvalue weighted by Crippen LogP contribution is 2.32. The smallest absolute Gasteiger partial charge is 0.251 e. The third kappa shape index (κ3) is 4.53. The molecule has 3 amide bonds. The summed E-state index contributed by atoms with van der Waals surface area (Å²) in [7, 11) is 3.10. The van der Waals surface area contributed by atoms with Gasteiger partial charge in [-0.25, -0.2) is 4.90 Å². The van der Waals surface area contributed by atoms with Crippen LogP contribution in [0.15, 0.2) is 42.5 Å². The number of methoxy groups -OCH3 is 1. The summed E-state index contributed by atoms with van der Waals surface area (Å²) in [5.41, 5.74) is 0.845. The number of benzene rings is 2. The number of hydrogen-bond donors (Lipinski definition) is 1. The van der Waals surface area contributed by atoms with Gasteiger partial charge in [0.2, 0.25) is 11.8 Å². The van der Waals surface area contributed by atoms with Gasteiger partial charge in [0.1, 0.15) is 5.75 Å². The number of imide groups is 1. The summed E-state index contributed by atoms with van der Waals surface area (Å²) >= 11 is 12.2. The zero-order chi connectivity index (χ0) is 21.1. The maximum atomic E-state index is 12.9. The van der Waals surface area contributed by atoms with Gasteiger partial charge in [-0.05, 0) is 37.4 Å². The summed E-state index contributed by atoms with van der Waals surface area (Å²) in [6, 6.07) is 10.8. The lowest BCUT2D eigenvalue weighted by Crippen LogP contribution is -2.43. The van der Waals surface area contributed by atoms with Crippen LogP contribution in [0.2, 0.25) is 10.0 Å². The topological polar surface area (TPSA) is 79.0 Å². The molecule has 2 aromatic rings. The normalized spacial score (nSPS) is 16.4. The standard InChI is InChI=1S/C20H19Cl2N3O4/c1-24(11-18(26)23-15-6-4-3-5-13(15)21)16-10-19(27)25(20(16)28)12-7-8-17(29-2)14(22)9-12/h3-9,16H,10-11H2,1-2H3,(H,23,26). The molecule has 0 aliphatic carbocycles. The van der Waals surface area contributed by atoms with Gasteiger partial charge in [0.15, 0.2) is 0 Å². The fourth-order valence-electron chi connectivity index (χ4n) is 3.11. The van der Waals surface area contributed by atoms with E-state index in [0.717, 1.165) is 4.90 Å². The zero-order valence-electron chi connectivity index (χ0n) is 15.8. The maximum Gasteiger partial charge on any atom is 0.251 e. The van der Waals surface area contributed by atoms with Crippen LogP contribution in [0, 0.1) is 0 Å². The van der Waals surface area contributed by atoms with Gasteiger partial charge in [0.05, 0.1) is 47.5 Å². The number of nitrogens with one attached hydrogen (secondary N) is 1. The van der Waals surface area contributed by atoms with Crippen molar-refractivity contribution >= 4 is 52.3 Å². The SMILES string of the molecule is COc1ccc(N2C(=O)CC(N(C)CC(=O)Nc3ccccc3Cl)C2=O)cc1Cl. The van der Waals surface area contributed by atoms with Crippen molar-refractivity contribution in [2.75, 3.05) is 30.9 Å². The summed E-state index contributed by atoms with van der Waals surface area (Å²) in [5, 5.41) is 3.41. The Balaban J connectivity index is 1.69. The largest absolute Gasteiger partial charge is 0.495 e. The molecule has 0 bridgehead atoms. The monoisotopic (exact) mass is 435 g/mol. The number of carbonyl (C=O) groups is 3. The Hall–Kier alpha value is -2.61. The second kappa shape index (κ2) is 8.82. The number of rotatable bonds is 6. The molecule has 1 saturated heterocycles. The van der Waals surface area contributed by atoms with Crippen molar-refractivity contribution in [3.05, 3.63) is 52.5 Å². The molecular formula is C20H19Cl2N3O4. The minimum Gasteiger partial charge on any atom is -0.495 e. The number of para-hydroxylation sites is 1. The van der Waals surface area contributed by atoms with Crippen molar-refractivity contribution in [2.24, 2.45) is 0 Å². The van der Waals surface area contributed by atoms with E-state index in [2.05, 4.69) is 5.32 Å². The number of carbonyl (C=O) groups excluding carboxylic acids is 3. The number of likely N-dealkylation sites (N-methyl/N-ethyl adjacent to an activating group) is 1. The second-order valence-corrected chi connectivity index (χ2v) is 7.36. The Kier molecular flexibility index (Phi) is 6.42. The van der Waals surface area contributed by atoms with Crippen LogP contribution in [0.4, 0.5) is 11.4 Å². The Morgan fingerprint density at radius 1 is 1.21 bits per heavy atom. The van der Waals surface area contributed by atoms with Crippen LogP contribution < -0.4 is 15.0 Å². The summed E-state index contributed by atoms with van der Waals surface area (Å²) in [5.74, 6) is -0.671. The van der Waals surface area contributed by atoms with E-state index in [1.165, 1.54) is 18.1 Å². The summed E-state index contributed by atoms with van der Waals surface area (Å²) in [6.07, 6.45) is -0.0294. The molecular weight excluding hydrogens is 417 g/mol. The molecule has 2 aromatic carbocycles. The molecule has 1 heterocycles. The molecule has 1 aliphatic rings. The fraction of sp³-hybridized carbons (Fsp3) is 0.250. The van der Waals surface area contributed by atoms with Gasteiger partial charge < -0.3 is 10.1 Å². The maximum absolute atomic E-state index is 12.9. The molecule has 1 fully saturated rings. The average molecular weight is 436 g/mol. The lowest BCUT2D eigenvalue weighted by molar-refractivity contribution is -0.123. The second-order valence-electron chi connectivity index (χ2n) is 6.55. The van der Waals surface area contributed by atoms with Crippen molar-refractivity contribution < 1.29 is 19.1 Å². The molecule has 3 rings (SSSR count). The first-order valence-electron chi connectivity index (χ1n) is 8.76. The lowest BCUT2D eigenvalue weighted by Gasteiger charge is -2.22. The average Bonchev–Trinajstić information content (AvgIpc) is 2.98. The van der Waals surface area contributed by atoms with E-state index >= 15 is 0 Å². The van der Waals surface area contributed by atoms with Gasteiger partial charge in [0.25, 0.3) is 5.91 Å². The van der Waals surface area contributed by atoms with Gasteiger partial charge in [-0.2, -0.15) is 0 Å². The third-order valence-electron chi connectivity index (χ3n) is 4.59. The van der Waals surface area contributed by atoms with Gasteiger partial charge in [0, 0.05) is 0 Å². The molecule has 1 atom stereocenters. The van der Waals surface area contributed by atoms with Crippen LogP contribution in [0.1, 0.15) is 6.42 Å². The fourth-order valence-corrected chi connectivity index (χ4v) is 3.55. The number of hydrogen-bond acceptors (Lipinski definition) is 5. The summed E-state index contributed by atoms with van der Waals surface area (Å²) in [4.78, 5) is 40.3. The highest BCUT2D eigenvalue weighted by Gasteiger charge is 2.42. The predicted molar refractivity (Wildman–Crippen MR) is 112 cm³/mol. The molecule has 0 radical (unpaired) electrons. The van der Waals surface area contributed by atoms with Gasteiger partial charge in [-0.15, -0.1) is 0 Å². The third-order valence-corrected chi connectivity index (χ3v) is 5.21. The minimum absolute atomic E-state index is 0.0294. The van der Waals surface area contributed by atoms with Gasteiger partial charge in [-0.3, -0.25) is 19.3 Å². The molecule has 29 heavy (non-hydrogen) atoms. The van der Waals surface area contributed by atoms with Crippen LogP contribution in [-0.4, -0.2) is 49.4 Å². The first-order chi connectivity index (χ1) is 13.8. The summed E-state index contributed by atoms with van der Waals surface area (Å²) in [6.45, 7) is -0.0773. The van der Waals surface area contributed by atoms with Crippen LogP contribution in [0.5, 0.6) is 5.75 Å². The van der Waals surface area contributed by atoms with Crippen molar-refractivity contribution in [1.29, 1.82) is 0 Å². The summed E-state index contributed by atoms with van der Waals surface area (Å²) < 4.78 is 5.09. The Labute approximate surface area is 178 Å². The zero-order valence-corrected chi connectivity index (χ0v) is 17.3. The number of nitrogens with zero attached hydrogens (tertiary/aromatic N) is 2. The minimum atomic E-state index is -0.750. The molecule has 1 N–H and O–H groups in total. The number of anilines is 2. The molecule has 152 valence electrons. The lowest BCUT2D eigenvalue weighted by atomic mass is 10.2. The Bertz CT molecular complexity index is 966. The Morgan fingerprint density at radius 3 is 2.59 bits per heavy atom. The van der Waals surface area contributed by atoms with Gasteiger partial charge >= 0.3 is 0 Å². The van der Waals surface area contributed by atoms with E-state index in [4.69, 9.17) is 27.9 Å². The van der Waals surface area contributed by atoms with E-state index in [1.54, 1.807) is 43.4 Å². The number of halogens is 2. The van der Waals surface area contributed by atoms with Crippen LogP contribution >= 0.6 is 23.2 Å². The van der Waals surface area contributed by atoms with Crippen LogP contribution in [0.3, 0.4) is 0 Å². The number of amides is 3. The Morgan fingerprint density at radius 2 is 1.93 bits per heavy atom. The highest BCUT2D eigenvalue weighted by atomic mass is 35.5. The van der Waals surface area contributed by atoms with Crippen LogP contribution in [0.25, 0.3) is 0 Å². The molecule has 0 spiro atoms. The molecule has 1 aliphatic heterocycles. The van der Waals surface area contributed by atoms with Gasteiger partial charge in [-0.1, -0.05) is 35.3 Å². The highest BCUT2D eigenvalue weighted by molar-refractivity contribution is 6.34. The molecule has 0 saturated carbocycles. The molecule has 7 nitrogen and oxygen atoms in total. The van der Waals surface area contributed by atoms with E-state index in [1.807, 2.05) is 0 Å². The van der Waals surface area contributed by atoms with E-state index in [9.17, 15) is 14.4 Å².